The number of hydrogen-bond acceptors (Lipinski definition) is 3. The number of amides is 2. The molecule has 1 aromatic carbocycles. The van der Waals surface area contributed by atoms with Crippen molar-refractivity contribution in [2.75, 3.05) is 13.1 Å². The second kappa shape index (κ2) is 6.26. The molecule has 2 N–H and O–H groups in total. The van der Waals surface area contributed by atoms with E-state index in [1.54, 1.807) is 0 Å². The maximum atomic E-state index is 12.3. The minimum atomic E-state index is -0.386. The molecule has 0 aromatic heterocycles. The van der Waals surface area contributed by atoms with Crippen LogP contribution < -0.4 is 10.9 Å². The van der Waals surface area contributed by atoms with Gasteiger partial charge in [0.15, 0.2) is 0 Å². The molecule has 0 aliphatic carbocycles. The Morgan fingerprint density at radius 2 is 1.90 bits per heavy atom. The molecule has 0 radical (unpaired) electrons. The smallest absolute Gasteiger partial charge is 0.242 e. The number of carbonyl (C=O) groups is 2. The Morgan fingerprint density at radius 3 is 2.52 bits per heavy atom. The first-order chi connectivity index (χ1) is 10.2. The van der Waals surface area contributed by atoms with Crippen LogP contribution in [-0.2, 0) is 16.0 Å². The molecule has 0 saturated carbocycles. The summed E-state index contributed by atoms with van der Waals surface area (Å²) in [6.07, 6.45) is 3.41. The van der Waals surface area contributed by atoms with Gasteiger partial charge in [-0.2, -0.15) is 0 Å². The third kappa shape index (κ3) is 3.42. The van der Waals surface area contributed by atoms with Crippen LogP contribution in [0.25, 0.3) is 0 Å². The highest BCUT2D eigenvalue weighted by atomic mass is 16.2. The van der Waals surface area contributed by atoms with Crippen LogP contribution in [0.1, 0.15) is 24.8 Å². The first kappa shape index (κ1) is 14.1. The van der Waals surface area contributed by atoms with Gasteiger partial charge in [0.05, 0.1) is 6.42 Å². The molecule has 0 spiro atoms. The van der Waals surface area contributed by atoms with Gasteiger partial charge in [0, 0.05) is 13.1 Å². The van der Waals surface area contributed by atoms with E-state index in [9.17, 15) is 9.59 Å². The van der Waals surface area contributed by atoms with Crippen molar-refractivity contribution in [2.45, 2.75) is 31.7 Å². The first-order valence-electron chi connectivity index (χ1n) is 7.59. The standard InChI is InChI=1S/C16H21N3O2/c20-15-11-14(17-18-15)16(21)19-8-6-13(7-9-19)10-12-4-2-1-3-5-12/h1-5,13-14,17H,6-11H2,(H,18,20). The molecule has 3 rings (SSSR count). The molecule has 2 fully saturated rings. The summed E-state index contributed by atoms with van der Waals surface area (Å²) in [5.41, 5.74) is 6.63. The molecule has 2 heterocycles. The van der Waals surface area contributed by atoms with E-state index >= 15 is 0 Å². The Labute approximate surface area is 124 Å². The molecule has 2 aliphatic heterocycles. The van der Waals surface area contributed by atoms with Crippen LogP contribution in [0.15, 0.2) is 30.3 Å². The van der Waals surface area contributed by atoms with Crippen molar-refractivity contribution >= 4 is 11.8 Å². The Morgan fingerprint density at radius 1 is 1.19 bits per heavy atom. The molecular weight excluding hydrogens is 266 g/mol. The maximum absolute atomic E-state index is 12.3. The summed E-state index contributed by atoms with van der Waals surface area (Å²) < 4.78 is 0. The summed E-state index contributed by atoms with van der Waals surface area (Å²) in [6, 6.07) is 10.1. The van der Waals surface area contributed by atoms with Crippen molar-refractivity contribution in [3.63, 3.8) is 0 Å². The zero-order valence-corrected chi connectivity index (χ0v) is 12.0. The Bertz CT molecular complexity index is 510. The largest absolute Gasteiger partial charge is 0.341 e. The predicted molar refractivity (Wildman–Crippen MR) is 79.1 cm³/mol. The van der Waals surface area contributed by atoms with Crippen molar-refractivity contribution in [3.05, 3.63) is 35.9 Å². The second-order valence-corrected chi connectivity index (χ2v) is 5.91. The summed E-state index contributed by atoms with van der Waals surface area (Å²) in [5.74, 6) is 0.589. The monoisotopic (exact) mass is 287 g/mol. The molecular formula is C16H21N3O2. The topological polar surface area (TPSA) is 61.4 Å². The van der Waals surface area contributed by atoms with Gasteiger partial charge in [-0.1, -0.05) is 30.3 Å². The van der Waals surface area contributed by atoms with Crippen LogP contribution in [0, 0.1) is 5.92 Å². The molecule has 1 aromatic rings. The lowest BCUT2D eigenvalue weighted by molar-refractivity contribution is -0.135. The number of carbonyl (C=O) groups excluding carboxylic acids is 2. The molecule has 1 unspecified atom stereocenters. The van der Waals surface area contributed by atoms with Gasteiger partial charge in [-0.05, 0) is 30.7 Å². The third-order valence-electron chi connectivity index (χ3n) is 4.37. The lowest BCUT2D eigenvalue weighted by Crippen LogP contribution is -2.48. The Kier molecular flexibility index (Phi) is 4.20. The van der Waals surface area contributed by atoms with Gasteiger partial charge < -0.3 is 4.90 Å². The van der Waals surface area contributed by atoms with E-state index in [-0.39, 0.29) is 24.3 Å². The van der Waals surface area contributed by atoms with Crippen molar-refractivity contribution < 1.29 is 9.59 Å². The average Bonchev–Trinajstić information content (AvgIpc) is 2.95. The Hall–Kier alpha value is -1.88. The van der Waals surface area contributed by atoms with E-state index in [0.29, 0.717) is 5.92 Å². The third-order valence-corrected chi connectivity index (χ3v) is 4.37. The number of nitrogens with zero attached hydrogens (tertiary/aromatic N) is 1. The summed E-state index contributed by atoms with van der Waals surface area (Å²) in [4.78, 5) is 25.3. The SMILES string of the molecule is O=C1CC(C(=O)N2CCC(Cc3ccccc3)CC2)NN1. The lowest BCUT2D eigenvalue weighted by Gasteiger charge is -2.33. The fourth-order valence-corrected chi connectivity index (χ4v) is 3.13. The average molecular weight is 287 g/mol. The molecule has 0 bridgehead atoms. The Balaban J connectivity index is 1.49. The fourth-order valence-electron chi connectivity index (χ4n) is 3.13. The zero-order valence-electron chi connectivity index (χ0n) is 12.0. The fraction of sp³-hybridized carbons (Fsp3) is 0.500. The zero-order chi connectivity index (χ0) is 14.7. The van der Waals surface area contributed by atoms with Crippen LogP contribution in [0.5, 0.6) is 0 Å². The van der Waals surface area contributed by atoms with E-state index in [1.165, 1.54) is 5.56 Å². The molecule has 1 atom stereocenters. The summed E-state index contributed by atoms with van der Waals surface area (Å²) >= 11 is 0. The van der Waals surface area contributed by atoms with Gasteiger partial charge in [0.1, 0.15) is 6.04 Å². The van der Waals surface area contributed by atoms with E-state index < -0.39 is 0 Å². The molecule has 2 saturated heterocycles. The van der Waals surface area contributed by atoms with Crippen molar-refractivity contribution in [1.29, 1.82) is 0 Å². The number of hydrazine groups is 1. The number of piperidine rings is 1. The van der Waals surface area contributed by atoms with E-state index in [4.69, 9.17) is 0 Å². The predicted octanol–water partition coefficient (Wildman–Crippen LogP) is 0.861. The number of hydrogen-bond donors (Lipinski definition) is 2. The normalized spacial score (nSPS) is 23.1. The molecule has 5 nitrogen and oxygen atoms in total. The number of likely N-dealkylation sites (tertiary alicyclic amines) is 1. The second-order valence-electron chi connectivity index (χ2n) is 5.91. The summed E-state index contributed by atoms with van der Waals surface area (Å²) in [6.45, 7) is 1.59. The summed E-state index contributed by atoms with van der Waals surface area (Å²) in [5, 5.41) is 0. The van der Waals surface area contributed by atoms with Gasteiger partial charge in [-0.3, -0.25) is 15.0 Å². The highest BCUT2D eigenvalue weighted by Gasteiger charge is 2.32. The van der Waals surface area contributed by atoms with Crippen molar-refractivity contribution in [2.24, 2.45) is 5.92 Å². The maximum Gasteiger partial charge on any atom is 0.242 e. The number of nitrogens with one attached hydrogen (secondary N) is 2. The molecule has 2 amide bonds. The highest BCUT2D eigenvalue weighted by molar-refractivity contribution is 5.90. The minimum absolute atomic E-state index is 0.0477. The number of benzene rings is 1. The van der Waals surface area contributed by atoms with E-state index in [0.717, 1.165) is 32.4 Å². The van der Waals surface area contributed by atoms with Crippen LogP contribution in [0.2, 0.25) is 0 Å². The molecule has 21 heavy (non-hydrogen) atoms. The van der Waals surface area contributed by atoms with Gasteiger partial charge in [-0.25, -0.2) is 5.43 Å². The highest BCUT2D eigenvalue weighted by Crippen LogP contribution is 2.22. The molecule has 2 aliphatic rings. The van der Waals surface area contributed by atoms with Crippen LogP contribution >= 0.6 is 0 Å². The van der Waals surface area contributed by atoms with Gasteiger partial charge in [0.25, 0.3) is 0 Å². The quantitative estimate of drug-likeness (QED) is 0.867. The van der Waals surface area contributed by atoms with Crippen LogP contribution in [0.3, 0.4) is 0 Å². The van der Waals surface area contributed by atoms with Gasteiger partial charge in [-0.15, -0.1) is 0 Å². The number of rotatable bonds is 3. The lowest BCUT2D eigenvalue weighted by atomic mass is 9.90. The molecule has 5 heteroatoms. The minimum Gasteiger partial charge on any atom is -0.341 e. The first-order valence-corrected chi connectivity index (χ1v) is 7.59. The van der Waals surface area contributed by atoms with Gasteiger partial charge in [0.2, 0.25) is 11.8 Å². The van der Waals surface area contributed by atoms with Crippen LogP contribution in [0.4, 0.5) is 0 Å². The van der Waals surface area contributed by atoms with E-state index in [1.807, 2.05) is 11.0 Å². The summed E-state index contributed by atoms with van der Waals surface area (Å²) in [7, 11) is 0. The van der Waals surface area contributed by atoms with Gasteiger partial charge >= 0.3 is 0 Å². The molecule has 112 valence electrons. The van der Waals surface area contributed by atoms with E-state index in [2.05, 4.69) is 35.1 Å². The van der Waals surface area contributed by atoms with Crippen molar-refractivity contribution in [3.8, 4) is 0 Å². The van der Waals surface area contributed by atoms with Crippen molar-refractivity contribution in [1.82, 2.24) is 15.8 Å². The van der Waals surface area contributed by atoms with Crippen LogP contribution in [-0.4, -0.2) is 35.8 Å².